The van der Waals surface area contributed by atoms with Gasteiger partial charge in [-0.2, -0.15) is 13.2 Å². The maximum atomic E-state index is 13.1. The predicted octanol–water partition coefficient (Wildman–Crippen LogP) is 3.99. The molecule has 1 nitrogen and oxygen atoms in total. The van der Waals surface area contributed by atoms with E-state index in [0.717, 1.165) is 12.1 Å². The molecule has 2 unspecified atom stereocenters. The molecule has 0 radical (unpaired) electrons. The average Bonchev–Trinajstić information content (AvgIpc) is 2.32. The van der Waals surface area contributed by atoms with Gasteiger partial charge < -0.3 is 5.11 Å². The first kappa shape index (κ1) is 15.2. The number of alkyl halides is 3. The van der Waals surface area contributed by atoms with Crippen LogP contribution in [-0.4, -0.2) is 16.9 Å². The zero-order valence-corrected chi connectivity index (χ0v) is 10.7. The molecular formula is C14H15F5O. The first-order valence-corrected chi connectivity index (χ1v) is 6.43. The van der Waals surface area contributed by atoms with Crippen molar-refractivity contribution in [2.45, 2.75) is 43.9 Å². The molecule has 1 fully saturated rings. The molecule has 0 aromatic heterocycles. The molecule has 0 amide bonds. The van der Waals surface area contributed by atoms with Gasteiger partial charge >= 0.3 is 6.18 Å². The summed E-state index contributed by atoms with van der Waals surface area (Å²) in [6.07, 6.45) is -4.32. The van der Waals surface area contributed by atoms with Crippen LogP contribution in [0.25, 0.3) is 0 Å². The maximum Gasteiger partial charge on any atom is 0.391 e. The molecule has 1 saturated carbocycles. The highest BCUT2D eigenvalue weighted by Gasteiger charge is 2.46. The minimum absolute atomic E-state index is 0.00356. The molecular weight excluding hydrogens is 279 g/mol. The van der Waals surface area contributed by atoms with Crippen LogP contribution in [-0.2, 0) is 6.42 Å². The summed E-state index contributed by atoms with van der Waals surface area (Å²) in [4.78, 5) is 0. The lowest BCUT2D eigenvalue weighted by Crippen LogP contribution is -2.41. The third-order valence-electron chi connectivity index (χ3n) is 3.80. The van der Waals surface area contributed by atoms with Gasteiger partial charge in [0.25, 0.3) is 0 Å². The Balaban J connectivity index is 2.12. The maximum absolute atomic E-state index is 13.1. The molecule has 1 aliphatic rings. The third kappa shape index (κ3) is 3.48. The molecule has 6 heteroatoms. The van der Waals surface area contributed by atoms with Crippen molar-refractivity contribution < 1.29 is 27.1 Å². The molecule has 1 aliphatic carbocycles. The topological polar surface area (TPSA) is 20.2 Å². The van der Waals surface area contributed by atoms with Crippen LogP contribution in [0, 0.1) is 17.6 Å². The molecule has 1 aromatic rings. The number of aliphatic hydroxyl groups is 1. The van der Waals surface area contributed by atoms with Gasteiger partial charge in [0.05, 0.1) is 11.5 Å². The fourth-order valence-corrected chi connectivity index (χ4v) is 2.81. The average molecular weight is 294 g/mol. The Morgan fingerprint density at radius 3 is 2.50 bits per heavy atom. The van der Waals surface area contributed by atoms with Crippen molar-refractivity contribution in [2.24, 2.45) is 5.92 Å². The first-order chi connectivity index (χ1) is 9.20. The Morgan fingerprint density at radius 1 is 1.20 bits per heavy atom. The molecule has 0 heterocycles. The minimum Gasteiger partial charge on any atom is -0.390 e. The summed E-state index contributed by atoms with van der Waals surface area (Å²) in [5.74, 6) is -3.61. The Kier molecular flexibility index (Phi) is 4.04. The van der Waals surface area contributed by atoms with Crippen LogP contribution in [0.4, 0.5) is 22.0 Å². The number of rotatable bonds is 2. The second-order valence-electron chi connectivity index (χ2n) is 5.48. The van der Waals surface area contributed by atoms with Crippen LogP contribution < -0.4 is 0 Å². The van der Waals surface area contributed by atoms with Gasteiger partial charge in [0.2, 0.25) is 0 Å². The zero-order chi connectivity index (χ0) is 15.0. The number of hydrogen-bond acceptors (Lipinski definition) is 1. The summed E-state index contributed by atoms with van der Waals surface area (Å²) in [5.41, 5.74) is -1.21. The van der Waals surface area contributed by atoms with Crippen molar-refractivity contribution in [3.8, 4) is 0 Å². The standard InChI is InChI=1S/C14H15F5O/c15-11-4-3-9(6-12(11)16)7-13(20)5-1-2-10(8-13)14(17,18)19/h3-4,6,10,20H,1-2,5,7-8H2. The fraction of sp³-hybridized carbons (Fsp3) is 0.571. The van der Waals surface area contributed by atoms with E-state index < -0.39 is 35.8 Å². The minimum atomic E-state index is -4.33. The quantitative estimate of drug-likeness (QED) is 0.818. The molecule has 2 rings (SSSR count). The van der Waals surface area contributed by atoms with Crippen LogP contribution in [0.5, 0.6) is 0 Å². The summed E-state index contributed by atoms with van der Waals surface area (Å²) in [7, 11) is 0. The van der Waals surface area contributed by atoms with Crippen LogP contribution >= 0.6 is 0 Å². The summed E-state index contributed by atoms with van der Waals surface area (Å²) in [6, 6.07) is 3.12. The van der Waals surface area contributed by atoms with Gasteiger partial charge in [-0.1, -0.05) is 6.07 Å². The largest absolute Gasteiger partial charge is 0.391 e. The Hall–Kier alpha value is -1.17. The molecule has 112 valence electrons. The van der Waals surface area contributed by atoms with Gasteiger partial charge in [0, 0.05) is 6.42 Å². The Labute approximate surface area is 113 Å². The SMILES string of the molecule is OC1(Cc2ccc(F)c(F)c2)CCCC(C(F)(F)F)C1. The highest BCUT2D eigenvalue weighted by Crippen LogP contribution is 2.42. The van der Waals surface area contributed by atoms with Gasteiger partial charge in [0.15, 0.2) is 11.6 Å². The van der Waals surface area contributed by atoms with Crippen molar-refractivity contribution in [2.75, 3.05) is 0 Å². The molecule has 0 spiro atoms. The molecule has 0 bridgehead atoms. The lowest BCUT2D eigenvalue weighted by atomic mass is 9.75. The second kappa shape index (κ2) is 5.31. The molecule has 1 aromatic carbocycles. The summed E-state index contributed by atoms with van der Waals surface area (Å²) in [6.45, 7) is 0. The zero-order valence-electron chi connectivity index (χ0n) is 10.7. The molecule has 20 heavy (non-hydrogen) atoms. The van der Waals surface area contributed by atoms with Crippen molar-refractivity contribution in [1.29, 1.82) is 0 Å². The lowest BCUT2D eigenvalue weighted by molar-refractivity contribution is -0.200. The molecule has 0 saturated heterocycles. The predicted molar refractivity (Wildman–Crippen MR) is 63.0 cm³/mol. The van der Waals surface area contributed by atoms with Crippen molar-refractivity contribution in [1.82, 2.24) is 0 Å². The summed E-state index contributed by atoms with van der Waals surface area (Å²) in [5, 5.41) is 10.3. The van der Waals surface area contributed by atoms with Crippen molar-refractivity contribution >= 4 is 0 Å². The van der Waals surface area contributed by atoms with E-state index >= 15 is 0 Å². The van der Waals surface area contributed by atoms with E-state index in [9.17, 15) is 27.1 Å². The number of halogens is 5. The molecule has 2 atom stereocenters. The van der Waals surface area contributed by atoms with E-state index in [0.29, 0.717) is 5.56 Å². The first-order valence-electron chi connectivity index (χ1n) is 6.43. The highest BCUT2D eigenvalue weighted by molar-refractivity contribution is 5.20. The van der Waals surface area contributed by atoms with Crippen LogP contribution in [0.2, 0.25) is 0 Å². The van der Waals surface area contributed by atoms with E-state index in [1.54, 1.807) is 0 Å². The Bertz CT molecular complexity index is 485. The summed E-state index contributed by atoms with van der Waals surface area (Å²) < 4.78 is 64.1. The van der Waals surface area contributed by atoms with E-state index in [-0.39, 0.29) is 25.7 Å². The fourth-order valence-electron chi connectivity index (χ4n) is 2.81. The second-order valence-corrected chi connectivity index (χ2v) is 5.48. The van der Waals surface area contributed by atoms with Crippen LogP contribution in [0.3, 0.4) is 0 Å². The molecule has 0 aliphatic heterocycles. The summed E-state index contributed by atoms with van der Waals surface area (Å²) >= 11 is 0. The molecule has 1 N–H and O–H groups in total. The normalized spacial score (nSPS) is 27.6. The van der Waals surface area contributed by atoms with Gasteiger partial charge in [0.1, 0.15) is 0 Å². The van der Waals surface area contributed by atoms with Crippen LogP contribution in [0.1, 0.15) is 31.2 Å². The number of benzene rings is 1. The monoisotopic (exact) mass is 294 g/mol. The van der Waals surface area contributed by atoms with E-state index in [2.05, 4.69) is 0 Å². The smallest absolute Gasteiger partial charge is 0.390 e. The highest BCUT2D eigenvalue weighted by atomic mass is 19.4. The van der Waals surface area contributed by atoms with Crippen molar-refractivity contribution in [3.05, 3.63) is 35.4 Å². The number of hydrogen-bond donors (Lipinski definition) is 1. The van der Waals surface area contributed by atoms with E-state index in [1.165, 1.54) is 6.07 Å². The van der Waals surface area contributed by atoms with Crippen molar-refractivity contribution in [3.63, 3.8) is 0 Å². The Morgan fingerprint density at radius 2 is 1.90 bits per heavy atom. The van der Waals surface area contributed by atoms with E-state index in [1.807, 2.05) is 0 Å². The third-order valence-corrected chi connectivity index (χ3v) is 3.80. The van der Waals surface area contributed by atoms with Gasteiger partial charge in [-0.15, -0.1) is 0 Å². The van der Waals surface area contributed by atoms with Gasteiger partial charge in [-0.3, -0.25) is 0 Å². The van der Waals surface area contributed by atoms with Crippen LogP contribution in [0.15, 0.2) is 18.2 Å². The van der Waals surface area contributed by atoms with Gasteiger partial charge in [-0.05, 0) is 43.4 Å². The van der Waals surface area contributed by atoms with Gasteiger partial charge in [-0.25, -0.2) is 8.78 Å². The van der Waals surface area contributed by atoms with E-state index in [4.69, 9.17) is 0 Å². The lowest BCUT2D eigenvalue weighted by Gasteiger charge is -2.37.